The summed E-state index contributed by atoms with van der Waals surface area (Å²) in [5.74, 6) is -0.444. The lowest BCUT2D eigenvalue weighted by atomic mass is 10.1. The minimum Gasteiger partial charge on any atom is -0.508 e. The molecule has 2 nitrogen and oxygen atoms in total. The summed E-state index contributed by atoms with van der Waals surface area (Å²) in [6, 6.07) is 4.02. The molecule has 1 aromatic rings. The van der Waals surface area contributed by atoms with Crippen LogP contribution in [0.25, 0.3) is 0 Å². The molecule has 0 fully saturated rings. The first-order chi connectivity index (χ1) is 7.00. The van der Waals surface area contributed by atoms with Crippen molar-refractivity contribution in [2.45, 2.75) is 19.9 Å². The number of rotatable bonds is 4. The summed E-state index contributed by atoms with van der Waals surface area (Å²) in [4.78, 5) is 0. The molecule has 0 aliphatic rings. The quantitative estimate of drug-likeness (QED) is 0.747. The van der Waals surface area contributed by atoms with Gasteiger partial charge < -0.3 is 10.4 Å². The lowest BCUT2D eigenvalue weighted by Crippen LogP contribution is -2.20. The Morgan fingerprint density at radius 2 is 2.27 bits per heavy atom. The Kier molecular flexibility index (Phi) is 3.86. The lowest BCUT2D eigenvalue weighted by Gasteiger charge is -2.15. The van der Waals surface area contributed by atoms with E-state index in [9.17, 15) is 9.50 Å². The van der Waals surface area contributed by atoms with Crippen LogP contribution in [-0.2, 0) is 0 Å². The molecule has 0 aliphatic heterocycles. The lowest BCUT2D eigenvalue weighted by molar-refractivity contribution is 0.449. The van der Waals surface area contributed by atoms with Gasteiger partial charge in [-0.1, -0.05) is 18.2 Å². The molecule has 0 aromatic heterocycles. The zero-order valence-electron chi connectivity index (χ0n) is 9.05. The van der Waals surface area contributed by atoms with E-state index in [1.54, 1.807) is 6.07 Å². The molecule has 0 radical (unpaired) electrons. The number of aromatic hydroxyl groups is 1. The van der Waals surface area contributed by atoms with Crippen LogP contribution in [0.4, 0.5) is 4.39 Å². The third-order valence-electron chi connectivity index (χ3n) is 2.17. The fourth-order valence-corrected chi connectivity index (χ4v) is 1.32. The summed E-state index contributed by atoms with van der Waals surface area (Å²) >= 11 is 0. The van der Waals surface area contributed by atoms with Gasteiger partial charge in [0.05, 0.1) is 0 Å². The molecule has 0 amide bonds. The molecule has 0 spiro atoms. The van der Waals surface area contributed by atoms with Gasteiger partial charge in [0.1, 0.15) is 11.6 Å². The highest BCUT2D eigenvalue weighted by molar-refractivity contribution is 5.34. The molecular formula is C12H16FNO. The Hall–Kier alpha value is -1.35. The Bertz CT molecular complexity index is 363. The normalized spacial score (nSPS) is 12.5. The Morgan fingerprint density at radius 3 is 2.80 bits per heavy atom. The van der Waals surface area contributed by atoms with E-state index in [0.717, 1.165) is 11.6 Å². The Labute approximate surface area is 89.4 Å². The number of nitrogens with one attached hydrogen (secondary N) is 1. The summed E-state index contributed by atoms with van der Waals surface area (Å²) in [6.07, 6.45) is 0. The van der Waals surface area contributed by atoms with Gasteiger partial charge >= 0.3 is 0 Å². The topological polar surface area (TPSA) is 32.3 Å². The molecule has 82 valence electrons. The van der Waals surface area contributed by atoms with Crippen molar-refractivity contribution in [1.82, 2.24) is 5.32 Å². The van der Waals surface area contributed by atoms with Gasteiger partial charge in [0.2, 0.25) is 0 Å². The molecule has 15 heavy (non-hydrogen) atoms. The van der Waals surface area contributed by atoms with Crippen molar-refractivity contribution >= 4 is 0 Å². The van der Waals surface area contributed by atoms with E-state index in [1.807, 2.05) is 13.8 Å². The van der Waals surface area contributed by atoms with E-state index in [1.165, 1.54) is 6.07 Å². The third-order valence-corrected chi connectivity index (χ3v) is 2.17. The summed E-state index contributed by atoms with van der Waals surface area (Å²) < 4.78 is 12.7. The molecule has 1 aromatic carbocycles. The van der Waals surface area contributed by atoms with Gasteiger partial charge in [-0.3, -0.25) is 0 Å². The van der Waals surface area contributed by atoms with Gasteiger partial charge in [-0.2, -0.15) is 0 Å². The van der Waals surface area contributed by atoms with Gasteiger partial charge in [-0.05, 0) is 19.9 Å². The van der Waals surface area contributed by atoms with E-state index in [2.05, 4.69) is 11.9 Å². The van der Waals surface area contributed by atoms with Crippen LogP contribution in [0.2, 0.25) is 0 Å². The van der Waals surface area contributed by atoms with Gasteiger partial charge in [-0.25, -0.2) is 4.39 Å². The number of phenolic OH excluding ortho intramolecular Hbond substituents is 1. The predicted octanol–water partition coefficient (Wildman–Crippen LogP) is 2.76. The van der Waals surface area contributed by atoms with Crippen LogP contribution < -0.4 is 5.32 Å². The van der Waals surface area contributed by atoms with Crippen LogP contribution in [0.5, 0.6) is 5.75 Å². The molecular weight excluding hydrogens is 193 g/mol. The van der Waals surface area contributed by atoms with Crippen LogP contribution >= 0.6 is 0 Å². The molecule has 1 atom stereocenters. The number of halogens is 1. The number of hydrogen-bond donors (Lipinski definition) is 2. The van der Waals surface area contributed by atoms with Crippen LogP contribution in [0.15, 0.2) is 30.4 Å². The number of benzene rings is 1. The van der Waals surface area contributed by atoms with Crippen molar-refractivity contribution in [2.24, 2.45) is 0 Å². The summed E-state index contributed by atoms with van der Waals surface area (Å²) in [6.45, 7) is 8.28. The van der Waals surface area contributed by atoms with Gasteiger partial charge in [-0.15, -0.1) is 0 Å². The molecule has 0 bridgehead atoms. The molecule has 1 unspecified atom stereocenters. The maximum atomic E-state index is 12.7. The van der Waals surface area contributed by atoms with Crippen molar-refractivity contribution < 1.29 is 9.50 Å². The zero-order valence-corrected chi connectivity index (χ0v) is 9.05. The first-order valence-corrected chi connectivity index (χ1v) is 4.87. The SMILES string of the molecule is C=C(C)CNC(C)c1ccc(F)cc1O. The average Bonchev–Trinajstić information content (AvgIpc) is 2.14. The molecule has 2 N–H and O–H groups in total. The maximum absolute atomic E-state index is 12.7. The maximum Gasteiger partial charge on any atom is 0.126 e. The number of phenols is 1. The highest BCUT2D eigenvalue weighted by Gasteiger charge is 2.09. The fraction of sp³-hybridized carbons (Fsp3) is 0.333. The summed E-state index contributed by atoms with van der Waals surface area (Å²) in [5.41, 5.74) is 1.71. The summed E-state index contributed by atoms with van der Waals surface area (Å²) in [7, 11) is 0. The second-order valence-corrected chi connectivity index (χ2v) is 3.76. The first kappa shape index (κ1) is 11.7. The predicted molar refractivity (Wildman–Crippen MR) is 59.3 cm³/mol. The second kappa shape index (κ2) is 4.94. The largest absolute Gasteiger partial charge is 0.508 e. The molecule has 0 aliphatic carbocycles. The molecule has 0 saturated carbocycles. The van der Waals surface area contributed by atoms with E-state index in [4.69, 9.17) is 0 Å². The van der Waals surface area contributed by atoms with Gasteiger partial charge in [0.15, 0.2) is 0 Å². The molecule has 1 rings (SSSR count). The van der Waals surface area contributed by atoms with Crippen LogP contribution in [0.3, 0.4) is 0 Å². The van der Waals surface area contributed by atoms with Crippen molar-refractivity contribution in [3.8, 4) is 5.75 Å². The smallest absolute Gasteiger partial charge is 0.126 e. The number of hydrogen-bond acceptors (Lipinski definition) is 2. The van der Waals surface area contributed by atoms with Crippen molar-refractivity contribution in [1.29, 1.82) is 0 Å². The monoisotopic (exact) mass is 209 g/mol. The second-order valence-electron chi connectivity index (χ2n) is 3.76. The van der Waals surface area contributed by atoms with E-state index >= 15 is 0 Å². The van der Waals surface area contributed by atoms with Gasteiger partial charge in [0.25, 0.3) is 0 Å². The van der Waals surface area contributed by atoms with Crippen molar-refractivity contribution in [3.63, 3.8) is 0 Å². The van der Waals surface area contributed by atoms with Crippen molar-refractivity contribution in [2.75, 3.05) is 6.54 Å². The molecule has 3 heteroatoms. The van der Waals surface area contributed by atoms with E-state index < -0.39 is 5.82 Å². The van der Waals surface area contributed by atoms with E-state index in [0.29, 0.717) is 12.1 Å². The third kappa shape index (κ3) is 3.36. The standard InChI is InChI=1S/C12H16FNO/c1-8(2)7-14-9(3)11-5-4-10(13)6-12(11)15/h4-6,9,14-15H,1,7H2,2-3H3. The molecule has 0 saturated heterocycles. The van der Waals surface area contributed by atoms with Crippen LogP contribution in [-0.4, -0.2) is 11.7 Å². The van der Waals surface area contributed by atoms with E-state index in [-0.39, 0.29) is 11.8 Å². The fourth-order valence-electron chi connectivity index (χ4n) is 1.32. The zero-order chi connectivity index (χ0) is 11.4. The van der Waals surface area contributed by atoms with Crippen LogP contribution in [0, 0.1) is 5.82 Å². The van der Waals surface area contributed by atoms with Crippen molar-refractivity contribution in [3.05, 3.63) is 41.7 Å². The average molecular weight is 209 g/mol. The Balaban J connectivity index is 2.73. The first-order valence-electron chi connectivity index (χ1n) is 4.87. The van der Waals surface area contributed by atoms with Gasteiger partial charge in [0, 0.05) is 24.2 Å². The summed E-state index contributed by atoms with van der Waals surface area (Å²) in [5, 5.41) is 12.7. The van der Waals surface area contributed by atoms with Crippen LogP contribution in [0.1, 0.15) is 25.5 Å². The highest BCUT2D eigenvalue weighted by Crippen LogP contribution is 2.24. The minimum atomic E-state index is -0.427. The minimum absolute atomic E-state index is 0.0169. The Morgan fingerprint density at radius 1 is 1.60 bits per heavy atom. The highest BCUT2D eigenvalue weighted by atomic mass is 19.1. The molecule has 0 heterocycles.